The number of rotatable bonds is 11. The van der Waals surface area contributed by atoms with Crippen molar-refractivity contribution in [2.75, 3.05) is 38.7 Å². The summed E-state index contributed by atoms with van der Waals surface area (Å²) in [5.41, 5.74) is 1.42. The first kappa shape index (κ1) is 33.9. The summed E-state index contributed by atoms with van der Waals surface area (Å²) in [5.74, 6) is -0.299. The number of hydrogen-bond donors (Lipinski definition) is 2. The lowest BCUT2D eigenvalue weighted by molar-refractivity contribution is -0.136. The highest BCUT2D eigenvalue weighted by atomic mass is 79.9. The van der Waals surface area contributed by atoms with Crippen LogP contribution in [0.15, 0.2) is 63.3 Å². The lowest BCUT2D eigenvalue weighted by Crippen LogP contribution is -2.54. The molecule has 3 atom stereocenters. The third kappa shape index (κ3) is 6.76. The molecule has 2 saturated heterocycles. The van der Waals surface area contributed by atoms with E-state index in [4.69, 9.17) is 9.47 Å². The lowest BCUT2D eigenvalue weighted by Gasteiger charge is -2.36. The summed E-state index contributed by atoms with van der Waals surface area (Å²) in [6, 6.07) is 12.1. The number of ether oxygens (including phenoxy) is 2. The van der Waals surface area contributed by atoms with Crippen molar-refractivity contribution < 1.29 is 28.7 Å². The van der Waals surface area contributed by atoms with E-state index in [2.05, 4.69) is 55.6 Å². The van der Waals surface area contributed by atoms with Gasteiger partial charge < -0.3 is 19.7 Å². The molecule has 4 aromatic rings. The highest BCUT2D eigenvalue weighted by Gasteiger charge is 2.46. The number of likely N-dealkylation sites (tertiary alicyclic amines) is 1. The molecule has 0 spiro atoms. The van der Waals surface area contributed by atoms with Crippen molar-refractivity contribution in [1.82, 2.24) is 24.5 Å². The summed E-state index contributed by atoms with van der Waals surface area (Å²) in [6.45, 7) is 2.54. The molecule has 15 heteroatoms. The molecule has 13 nitrogen and oxygen atoms in total. The zero-order valence-corrected chi connectivity index (χ0v) is 29.6. The van der Waals surface area contributed by atoms with Crippen molar-refractivity contribution in [3.05, 3.63) is 85.6 Å². The quantitative estimate of drug-likeness (QED) is 0.169. The van der Waals surface area contributed by atoms with Crippen molar-refractivity contribution in [3.63, 3.8) is 0 Å². The topological polar surface area (TPSA) is 152 Å². The molecular weight excluding hydrogens is 728 g/mol. The zero-order chi connectivity index (χ0) is 34.9. The van der Waals surface area contributed by atoms with E-state index in [0.717, 1.165) is 30.2 Å². The minimum Gasteiger partial charge on any atom is -0.494 e. The predicted octanol–water partition coefficient (Wildman–Crippen LogP) is 4.06. The van der Waals surface area contributed by atoms with Gasteiger partial charge in [0.1, 0.15) is 27.8 Å². The average Bonchev–Trinajstić information content (AvgIpc) is 3.67. The number of anilines is 1. The number of likely N-dealkylation sites (N-methyl/N-ethyl adjacent to an activating group) is 1. The maximum Gasteiger partial charge on any atom is 0.275 e. The summed E-state index contributed by atoms with van der Waals surface area (Å²) in [5, 5.41) is 7.56. The number of carbonyl (C=O) groups is 4. The number of fused-ring (bicyclic) bond motifs is 2. The number of nitrogens with one attached hydrogen (secondary N) is 2. The minimum absolute atomic E-state index is 0.0611. The lowest BCUT2D eigenvalue weighted by atomic mass is 9.88. The summed E-state index contributed by atoms with van der Waals surface area (Å²) in [7, 11) is 2.10. The number of nitrogens with zero attached hydrogens (tertiary/aromatic N) is 4. The van der Waals surface area contributed by atoms with Gasteiger partial charge in [-0.2, -0.15) is 0 Å². The fourth-order valence-corrected chi connectivity index (χ4v) is 7.93. The molecule has 260 valence electrons. The number of halogens is 1. The average molecular weight is 764 g/mol. The molecule has 3 aliphatic heterocycles. The second-order valence-electron chi connectivity index (χ2n) is 12.7. The molecule has 2 aromatic carbocycles. The molecule has 5 heterocycles. The van der Waals surface area contributed by atoms with E-state index in [1.165, 1.54) is 21.3 Å². The number of hydrogen-bond acceptors (Lipinski definition) is 11. The number of amides is 4. The number of imide groups is 2. The molecule has 2 N–H and O–H groups in total. The number of benzene rings is 2. The highest BCUT2D eigenvalue weighted by Crippen LogP contribution is 2.34. The van der Waals surface area contributed by atoms with Gasteiger partial charge in [-0.05, 0) is 84.4 Å². The second kappa shape index (κ2) is 14.3. The normalized spacial score (nSPS) is 21.0. The third-order valence-corrected chi connectivity index (χ3v) is 10.7. The van der Waals surface area contributed by atoms with Crippen LogP contribution in [0.3, 0.4) is 0 Å². The van der Waals surface area contributed by atoms with E-state index in [1.54, 1.807) is 24.4 Å². The maximum atomic E-state index is 13.3. The van der Waals surface area contributed by atoms with Crippen LogP contribution in [-0.4, -0.2) is 88.2 Å². The number of unbranched alkanes of at least 4 members (excludes halogenated alkanes) is 1. The Balaban J connectivity index is 0.884. The molecular formula is C35H35BrN6O7S. The monoisotopic (exact) mass is 762 g/mol. The van der Waals surface area contributed by atoms with Crippen LogP contribution in [0.2, 0.25) is 0 Å². The van der Waals surface area contributed by atoms with Gasteiger partial charge in [-0.25, -0.2) is 4.98 Å². The van der Waals surface area contributed by atoms with Crippen molar-refractivity contribution in [2.45, 2.75) is 50.1 Å². The molecule has 2 fully saturated rings. The predicted molar refractivity (Wildman–Crippen MR) is 189 cm³/mol. The van der Waals surface area contributed by atoms with Gasteiger partial charge in [0.2, 0.25) is 11.8 Å². The third-order valence-electron chi connectivity index (χ3n) is 9.23. The van der Waals surface area contributed by atoms with Gasteiger partial charge in [-0.3, -0.25) is 38.6 Å². The zero-order valence-electron chi connectivity index (χ0n) is 27.2. The fourth-order valence-electron chi connectivity index (χ4n) is 6.83. The SMILES string of the molecule is CN1C[C@H](Nc2nc3sccn3c(=O)c2Br)C[C@H](c2ccc(OCCCCOc3cccc4c3C(=O)N(C3CCC(=O)NC3=O)C4=O)cc2)C1. The molecule has 1 unspecified atom stereocenters. The first-order chi connectivity index (χ1) is 24.2. The molecule has 50 heavy (non-hydrogen) atoms. The maximum absolute atomic E-state index is 13.3. The van der Waals surface area contributed by atoms with E-state index in [0.29, 0.717) is 53.0 Å². The smallest absolute Gasteiger partial charge is 0.275 e. The van der Waals surface area contributed by atoms with Crippen molar-refractivity contribution in [2.24, 2.45) is 0 Å². The standard InChI is InChI=1S/C35H35BrN6O7S/c1-40-18-21(17-22(19-40)37-30-29(36)34(47)41-13-16-50-35(41)39-30)20-7-9-23(10-8-20)48-14-2-3-15-49-26-6-4-5-24-28(26)33(46)42(32(24)45)25-11-12-27(43)38-31(25)44/h4-10,13,16,21-22,25,37H,2-3,11-12,14-15,17-19H2,1H3,(H,38,43,44)/t21-,22+,25?/m0/s1. The van der Waals surface area contributed by atoms with E-state index in [9.17, 15) is 24.0 Å². The highest BCUT2D eigenvalue weighted by molar-refractivity contribution is 9.10. The number of piperidine rings is 2. The number of carbonyl (C=O) groups excluding carboxylic acids is 4. The van der Waals surface area contributed by atoms with E-state index in [1.807, 2.05) is 17.5 Å². The Hall–Kier alpha value is -4.60. The van der Waals surface area contributed by atoms with E-state index >= 15 is 0 Å². The van der Waals surface area contributed by atoms with Crippen LogP contribution in [-0.2, 0) is 9.59 Å². The van der Waals surface area contributed by atoms with Gasteiger partial charge in [-0.1, -0.05) is 18.2 Å². The molecule has 4 amide bonds. The Morgan fingerprint density at radius 1 is 1.00 bits per heavy atom. The molecule has 0 bridgehead atoms. The number of aromatic nitrogens is 2. The molecule has 0 aliphatic carbocycles. The molecule has 7 rings (SSSR count). The summed E-state index contributed by atoms with van der Waals surface area (Å²) >= 11 is 4.87. The largest absolute Gasteiger partial charge is 0.494 e. The Morgan fingerprint density at radius 3 is 2.56 bits per heavy atom. The van der Waals surface area contributed by atoms with Gasteiger partial charge in [-0.15, -0.1) is 11.3 Å². The van der Waals surface area contributed by atoms with Crippen LogP contribution in [0.25, 0.3) is 4.96 Å². The fraction of sp³-hybridized carbons (Fsp3) is 0.371. The minimum atomic E-state index is -1.02. The van der Waals surface area contributed by atoms with E-state index < -0.39 is 29.7 Å². The Labute approximate surface area is 299 Å². The van der Waals surface area contributed by atoms with Gasteiger partial charge in [0.15, 0.2) is 4.96 Å². The van der Waals surface area contributed by atoms with Crippen molar-refractivity contribution >= 4 is 61.7 Å². The van der Waals surface area contributed by atoms with Crippen LogP contribution >= 0.6 is 27.3 Å². The van der Waals surface area contributed by atoms with E-state index in [-0.39, 0.29) is 35.6 Å². The van der Waals surface area contributed by atoms with Gasteiger partial charge in [0.05, 0.1) is 24.3 Å². The van der Waals surface area contributed by atoms with Crippen molar-refractivity contribution in [3.8, 4) is 11.5 Å². The summed E-state index contributed by atoms with van der Waals surface area (Å²) < 4.78 is 13.9. The second-order valence-corrected chi connectivity index (χ2v) is 14.4. The summed E-state index contributed by atoms with van der Waals surface area (Å²) in [4.78, 5) is 71.5. The Kier molecular flexibility index (Phi) is 9.71. The van der Waals surface area contributed by atoms with Crippen LogP contribution in [0.5, 0.6) is 11.5 Å². The Morgan fingerprint density at radius 2 is 1.78 bits per heavy atom. The van der Waals surface area contributed by atoms with Gasteiger partial charge in [0.25, 0.3) is 17.4 Å². The van der Waals surface area contributed by atoms with Gasteiger partial charge >= 0.3 is 0 Å². The van der Waals surface area contributed by atoms with Crippen LogP contribution in [0.4, 0.5) is 5.82 Å². The first-order valence-corrected chi connectivity index (χ1v) is 18.2. The van der Waals surface area contributed by atoms with Crippen LogP contribution in [0.1, 0.15) is 64.3 Å². The summed E-state index contributed by atoms with van der Waals surface area (Å²) in [6.07, 6.45) is 4.13. The van der Waals surface area contributed by atoms with Crippen LogP contribution in [0, 0.1) is 0 Å². The first-order valence-electron chi connectivity index (χ1n) is 16.5. The Bertz CT molecular complexity index is 2030. The number of thiazole rings is 1. The molecule has 3 aliphatic rings. The molecule has 2 aromatic heterocycles. The van der Waals surface area contributed by atoms with Crippen LogP contribution < -0.4 is 25.7 Å². The molecule has 0 saturated carbocycles. The molecule has 0 radical (unpaired) electrons. The van der Waals surface area contributed by atoms with Crippen molar-refractivity contribution in [1.29, 1.82) is 0 Å². The van der Waals surface area contributed by atoms with Gasteiger partial charge in [0, 0.05) is 37.1 Å².